The molecular weight excluding hydrogens is 272 g/mol. The highest BCUT2D eigenvalue weighted by Gasteiger charge is 2.08. The van der Waals surface area contributed by atoms with E-state index in [1.165, 1.54) is 0 Å². The van der Waals surface area contributed by atoms with E-state index in [9.17, 15) is 0 Å². The molecule has 0 spiro atoms. The van der Waals surface area contributed by atoms with E-state index < -0.39 is 0 Å². The Morgan fingerprint density at radius 2 is 2.10 bits per heavy atom. The monoisotopic (exact) mass is 296 g/mol. The van der Waals surface area contributed by atoms with Crippen LogP contribution in [0.1, 0.15) is 25.0 Å². The zero-order chi connectivity index (χ0) is 15.1. The standard InChI is InChI=1S/C15H24N2O2S/c1-11(2)19-8-7-17(3)10-12-5-6-13(15(16)20)14(9-12)18-4/h5-6,9,11H,7-8,10H2,1-4H3,(H2,16,20). The third kappa shape index (κ3) is 5.45. The number of hydrogen-bond acceptors (Lipinski definition) is 4. The van der Waals surface area contributed by atoms with Gasteiger partial charge in [-0.25, -0.2) is 0 Å². The number of hydrogen-bond donors (Lipinski definition) is 1. The van der Waals surface area contributed by atoms with Crippen LogP contribution in [0.25, 0.3) is 0 Å². The predicted octanol–water partition coefficient (Wildman–Crippen LogP) is 2.19. The molecule has 2 N–H and O–H groups in total. The molecule has 0 fully saturated rings. The summed E-state index contributed by atoms with van der Waals surface area (Å²) < 4.78 is 10.9. The summed E-state index contributed by atoms with van der Waals surface area (Å²) in [5, 5.41) is 0. The smallest absolute Gasteiger partial charge is 0.129 e. The van der Waals surface area contributed by atoms with Gasteiger partial charge in [0.05, 0.1) is 25.4 Å². The van der Waals surface area contributed by atoms with E-state index in [1.807, 2.05) is 32.0 Å². The summed E-state index contributed by atoms with van der Waals surface area (Å²) in [6.45, 7) is 6.53. The van der Waals surface area contributed by atoms with Gasteiger partial charge >= 0.3 is 0 Å². The fraction of sp³-hybridized carbons (Fsp3) is 0.533. The number of likely N-dealkylation sites (N-methyl/N-ethyl adjacent to an activating group) is 1. The largest absolute Gasteiger partial charge is 0.496 e. The first-order valence-corrected chi connectivity index (χ1v) is 7.11. The second-order valence-electron chi connectivity index (χ2n) is 5.06. The molecule has 0 radical (unpaired) electrons. The Kier molecular flexibility index (Phi) is 6.91. The van der Waals surface area contributed by atoms with Gasteiger partial charge in [0.25, 0.3) is 0 Å². The van der Waals surface area contributed by atoms with Crippen molar-refractivity contribution in [2.45, 2.75) is 26.5 Å². The number of ether oxygens (including phenoxy) is 2. The first-order chi connectivity index (χ1) is 9.43. The highest BCUT2D eigenvalue weighted by atomic mass is 32.1. The predicted molar refractivity (Wildman–Crippen MR) is 86.3 cm³/mol. The maximum Gasteiger partial charge on any atom is 0.129 e. The first kappa shape index (κ1) is 16.9. The number of rotatable bonds is 8. The van der Waals surface area contributed by atoms with Crippen molar-refractivity contribution in [3.8, 4) is 5.75 Å². The Balaban J connectivity index is 2.61. The molecule has 4 nitrogen and oxygen atoms in total. The molecule has 112 valence electrons. The molecule has 0 heterocycles. The summed E-state index contributed by atoms with van der Waals surface area (Å²) in [7, 11) is 3.69. The van der Waals surface area contributed by atoms with Gasteiger partial charge in [-0.05, 0) is 38.6 Å². The summed E-state index contributed by atoms with van der Waals surface area (Å²) >= 11 is 5.00. The van der Waals surface area contributed by atoms with E-state index in [-0.39, 0.29) is 6.10 Å². The number of nitrogens with zero attached hydrogens (tertiary/aromatic N) is 1. The van der Waals surface area contributed by atoms with Gasteiger partial charge in [0.1, 0.15) is 10.7 Å². The van der Waals surface area contributed by atoms with Crippen LogP contribution in [0, 0.1) is 0 Å². The van der Waals surface area contributed by atoms with E-state index in [1.54, 1.807) is 7.11 Å². The highest BCUT2D eigenvalue weighted by molar-refractivity contribution is 7.80. The molecule has 20 heavy (non-hydrogen) atoms. The minimum absolute atomic E-state index is 0.272. The molecule has 1 aromatic carbocycles. The minimum atomic E-state index is 0.272. The lowest BCUT2D eigenvalue weighted by atomic mass is 10.1. The SMILES string of the molecule is COc1cc(CN(C)CCOC(C)C)ccc1C(N)=S. The van der Waals surface area contributed by atoms with Crippen LogP contribution in [-0.4, -0.2) is 43.3 Å². The third-order valence-corrected chi connectivity index (χ3v) is 3.13. The third-order valence-electron chi connectivity index (χ3n) is 2.91. The molecule has 1 rings (SSSR count). The lowest BCUT2D eigenvalue weighted by molar-refractivity contribution is 0.0627. The van der Waals surface area contributed by atoms with Gasteiger partial charge in [-0.3, -0.25) is 4.90 Å². The van der Waals surface area contributed by atoms with Crippen LogP contribution in [0.15, 0.2) is 18.2 Å². The maximum atomic E-state index is 5.66. The lowest BCUT2D eigenvalue weighted by Crippen LogP contribution is -2.24. The van der Waals surface area contributed by atoms with Crippen molar-refractivity contribution in [1.82, 2.24) is 4.90 Å². The van der Waals surface area contributed by atoms with Crippen molar-refractivity contribution in [3.63, 3.8) is 0 Å². The van der Waals surface area contributed by atoms with Gasteiger partial charge in [0.2, 0.25) is 0 Å². The highest BCUT2D eigenvalue weighted by Crippen LogP contribution is 2.20. The summed E-state index contributed by atoms with van der Waals surface area (Å²) in [5.41, 5.74) is 7.60. The van der Waals surface area contributed by atoms with Crippen molar-refractivity contribution in [3.05, 3.63) is 29.3 Å². The normalized spacial score (nSPS) is 11.1. The molecule has 0 saturated carbocycles. The van der Waals surface area contributed by atoms with Gasteiger partial charge in [-0.2, -0.15) is 0 Å². The van der Waals surface area contributed by atoms with Crippen molar-refractivity contribution in [1.29, 1.82) is 0 Å². The van der Waals surface area contributed by atoms with E-state index >= 15 is 0 Å². The zero-order valence-electron chi connectivity index (χ0n) is 12.7. The van der Waals surface area contributed by atoms with Gasteiger partial charge in [-0.1, -0.05) is 18.3 Å². The van der Waals surface area contributed by atoms with Crippen LogP contribution < -0.4 is 10.5 Å². The second-order valence-corrected chi connectivity index (χ2v) is 5.50. The average Bonchev–Trinajstić information content (AvgIpc) is 2.37. The van der Waals surface area contributed by atoms with Gasteiger partial charge in [0, 0.05) is 13.1 Å². The van der Waals surface area contributed by atoms with Crippen LogP contribution in [0.4, 0.5) is 0 Å². The van der Waals surface area contributed by atoms with Crippen LogP contribution in [0.2, 0.25) is 0 Å². The Hall–Kier alpha value is -1.17. The summed E-state index contributed by atoms with van der Waals surface area (Å²) in [6, 6.07) is 5.92. The molecule has 0 unspecified atom stereocenters. The Bertz CT molecular complexity index is 449. The molecule has 0 aliphatic heterocycles. The van der Waals surface area contributed by atoms with Gasteiger partial charge < -0.3 is 15.2 Å². The van der Waals surface area contributed by atoms with Crippen LogP contribution in [-0.2, 0) is 11.3 Å². The second kappa shape index (κ2) is 8.19. The van der Waals surface area contributed by atoms with E-state index in [0.29, 0.717) is 4.99 Å². The summed E-state index contributed by atoms with van der Waals surface area (Å²) in [4.78, 5) is 2.56. The van der Waals surface area contributed by atoms with Gasteiger partial charge in [-0.15, -0.1) is 0 Å². The zero-order valence-corrected chi connectivity index (χ0v) is 13.5. The number of methoxy groups -OCH3 is 1. The van der Waals surface area contributed by atoms with Crippen molar-refractivity contribution in [2.24, 2.45) is 5.73 Å². The molecule has 0 aromatic heterocycles. The average molecular weight is 296 g/mol. The van der Waals surface area contributed by atoms with Crippen LogP contribution >= 0.6 is 12.2 Å². The van der Waals surface area contributed by atoms with Crippen molar-refractivity contribution < 1.29 is 9.47 Å². The molecule has 1 aromatic rings. The van der Waals surface area contributed by atoms with E-state index in [2.05, 4.69) is 11.9 Å². The van der Waals surface area contributed by atoms with Crippen molar-refractivity contribution >= 4 is 17.2 Å². The van der Waals surface area contributed by atoms with Crippen LogP contribution in [0.5, 0.6) is 5.75 Å². The number of benzene rings is 1. The summed E-state index contributed by atoms with van der Waals surface area (Å²) in [5.74, 6) is 0.724. The minimum Gasteiger partial charge on any atom is -0.496 e. The lowest BCUT2D eigenvalue weighted by Gasteiger charge is -2.18. The maximum absolute atomic E-state index is 5.66. The Labute approximate surface area is 126 Å². The fourth-order valence-electron chi connectivity index (χ4n) is 1.87. The molecule has 5 heteroatoms. The molecule has 0 aliphatic rings. The molecule has 0 atom stereocenters. The molecule has 0 amide bonds. The topological polar surface area (TPSA) is 47.7 Å². The fourth-order valence-corrected chi connectivity index (χ4v) is 2.04. The van der Waals surface area contributed by atoms with Crippen molar-refractivity contribution in [2.75, 3.05) is 27.3 Å². The van der Waals surface area contributed by atoms with E-state index in [4.69, 9.17) is 27.4 Å². The quantitative estimate of drug-likeness (QED) is 0.745. The van der Waals surface area contributed by atoms with Gasteiger partial charge in [0.15, 0.2) is 0 Å². The molecule has 0 saturated heterocycles. The number of thiocarbonyl (C=S) groups is 1. The molecule has 0 aliphatic carbocycles. The summed E-state index contributed by atoms with van der Waals surface area (Å²) in [6.07, 6.45) is 0.272. The Morgan fingerprint density at radius 3 is 2.65 bits per heavy atom. The van der Waals surface area contributed by atoms with Crippen LogP contribution in [0.3, 0.4) is 0 Å². The Morgan fingerprint density at radius 1 is 1.40 bits per heavy atom. The number of nitrogens with two attached hydrogens (primary N) is 1. The van der Waals surface area contributed by atoms with E-state index in [0.717, 1.165) is 36.6 Å². The molecule has 0 bridgehead atoms. The molecular formula is C15H24N2O2S. The first-order valence-electron chi connectivity index (χ1n) is 6.71.